The van der Waals surface area contributed by atoms with Crippen molar-refractivity contribution in [2.45, 2.75) is 45.4 Å². The Hall–Kier alpha value is -1.69. The van der Waals surface area contributed by atoms with Gasteiger partial charge in [-0.15, -0.1) is 0 Å². The molecule has 2 aromatic rings. The molecule has 0 bridgehead atoms. The third kappa shape index (κ3) is 3.66. The van der Waals surface area contributed by atoms with Gasteiger partial charge in [0.1, 0.15) is 12.2 Å². The van der Waals surface area contributed by atoms with Crippen LogP contribution in [-0.2, 0) is 19.5 Å². The zero-order valence-electron chi connectivity index (χ0n) is 10.8. The van der Waals surface area contributed by atoms with Crippen LogP contribution in [0.5, 0.6) is 0 Å². The average molecular weight is 249 g/mol. The first-order chi connectivity index (χ1) is 8.54. The molecule has 0 aliphatic heterocycles. The molecule has 2 rings (SSSR count). The highest BCUT2D eigenvalue weighted by Gasteiger charge is 2.16. The molecule has 0 spiro atoms. The minimum absolute atomic E-state index is 0.462. The van der Waals surface area contributed by atoms with Crippen molar-refractivity contribution >= 4 is 0 Å². The molecule has 2 heterocycles. The van der Waals surface area contributed by atoms with E-state index in [9.17, 15) is 5.11 Å². The van der Waals surface area contributed by atoms with Gasteiger partial charge in [0.25, 0.3) is 0 Å². The number of hydrogen-bond donors (Lipinski definition) is 1. The summed E-state index contributed by atoms with van der Waals surface area (Å²) < 4.78 is 3.67. The molecular weight excluding hydrogens is 230 g/mol. The number of rotatable bonds is 6. The maximum atomic E-state index is 9.79. The molecule has 0 aliphatic carbocycles. The van der Waals surface area contributed by atoms with E-state index in [2.05, 4.69) is 15.2 Å². The van der Waals surface area contributed by atoms with Crippen molar-refractivity contribution in [3.05, 3.63) is 30.6 Å². The summed E-state index contributed by atoms with van der Waals surface area (Å²) in [7, 11) is 0. The van der Waals surface area contributed by atoms with E-state index in [1.165, 1.54) is 6.33 Å². The summed E-state index contributed by atoms with van der Waals surface area (Å²) in [5.74, 6) is 0.907. The highest BCUT2D eigenvalue weighted by atomic mass is 16.3. The Morgan fingerprint density at radius 2 is 2.17 bits per heavy atom. The molecule has 98 valence electrons. The van der Waals surface area contributed by atoms with Crippen molar-refractivity contribution in [1.82, 2.24) is 24.5 Å². The molecule has 0 amide bonds. The fourth-order valence-corrected chi connectivity index (χ4v) is 1.81. The predicted octanol–water partition coefficient (Wildman–Crippen LogP) is 0.878. The highest BCUT2D eigenvalue weighted by Crippen LogP contribution is 2.08. The second kappa shape index (κ2) is 5.30. The maximum absolute atomic E-state index is 9.79. The van der Waals surface area contributed by atoms with E-state index in [0.29, 0.717) is 6.54 Å². The van der Waals surface area contributed by atoms with E-state index >= 15 is 0 Å². The summed E-state index contributed by atoms with van der Waals surface area (Å²) in [6, 6.07) is 1.91. The van der Waals surface area contributed by atoms with Crippen LogP contribution in [0, 0.1) is 0 Å². The van der Waals surface area contributed by atoms with Crippen LogP contribution in [-0.4, -0.2) is 35.3 Å². The van der Waals surface area contributed by atoms with Crippen LogP contribution in [0.15, 0.2) is 24.8 Å². The Morgan fingerprint density at radius 1 is 1.33 bits per heavy atom. The first kappa shape index (κ1) is 12.8. The van der Waals surface area contributed by atoms with Crippen molar-refractivity contribution in [2.24, 2.45) is 0 Å². The Kier molecular flexibility index (Phi) is 3.76. The van der Waals surface area contributed by atoms with Gasteiger partial charge in [0, 0.05) is 25.4 Å². The van der Waals surface area contributed by atoms with Crippen LogP contribution in [0.3, 0.4) is 0 Å². The van der Waals surface area contributed by atoms with Gasteiger partial charge in [-0.2, -0.15) is 10.2 Å². The first-order valence-electron chi connectivity index (χ1n) is 6.11. The molecule has 0 fully saturated rings. The van der Waals surface area contributed by atoms with Crippen molar-refractivity contribution < 1.29 is 5.11 Å². The van der Waals surface area contributed by atoms with E-state index in [0.717, 1.165) is 25.2 Å². The quantitative estimate of drug-likeness (QED) is 0.825. The topological polar surface area (TPSA) is 68.8 Å². The molecular formula is C12H19N5O. The molecule has 0 radical (unpaired) electrons. The Morgan fingerprint density at radius 3 is 2.83 bits per heavy atom. The van der Waals surface area contributed by atoms with Crippen LogP contribution in [0.2, 0.25) is 0 Å². The number of aliphatic hydroxyl groups is 1. The molecule has 0 saturated carbocycles. The number of nitrogens with zero attached hydrogens (tertiary/aromatic N) is 5. The Labute approximate surface area is 106 Å². The van der Waals surface area contributed by atoms with Crippen LogP contribution >= 0.6 is 0 Å². The molecule has 2 aromatic heterocycles. The van der Waals surface area contributed by atoms with Crippen molar-refractivity contribution in [3.63, 3.8) is 0 Å². The normalized spacial score (nSPS) is 11.9. The van der Waals surface area contributed by atoms with E-state index in [1.807, 2.05) is 16.9 Å². The molecule has 6 heteroatoms. The van der Waals surface area contributed by atoms with Gasteiger partial charge < -0.3 is 5.11 Å². The maximum Gasteiger partial charge on any atom is 0.138 e. The van der Waals surface area contributed by atoms with Crippen molar-refractivity contribution in [3.8, 4) is 0 Å². The number of aryl methyl sites for hydroxylation is 2. The average Bonchev–Trinajstić information content (AvgIpc) is 2.89. The van der Waals surface area contributed by atoms with Crippen molar-refractivity contribution in [1.29, 1.82) is 0 Å². The third-order valence-corrected chi connectivity index (χ3v) is 2.58. The molecule has 0 atom stereocenters. The zero-order valence-corrected chi connectivity index (χ0v) is 10.8. The fraction of sp³-hybridized carbons (Fsp3) is 0.583. The first-order valence-corrected chi connectivity index (χ1v) is 6.11. The minimum atomic E-state index is -0.773. The van der Waals surface area contributed by atoms with E-state index in [-0.39, 0.29) is 0 Å². The van der Waals surface area contributed by atoms with Crippen LogP contribution in [0.4, 0.5) is 0 Å². The summed E-state index contributed by atoms with van der Waals surface area (Å²) in [4.78, 5) is 4.23. The van der Waals surface area contributed by atoms with Gasteiger partial charge in [0.2, 0.25) is 0 Å². The van der Waals surface area contributed by atoms with Gasteiger partial charge in [0.15, 0.2) is 0 Å². The summed E-state index contributed by atoms with van der Waals surface area (Å²) in [6.45, 7) is 4.86. The smallest absolute Gasteiger partial charge is 0.138 e. The second-order valence-electron chi connectivity index (χ2n) is 5.02. The van der Waals surface area contributed by atoms with E-state index in [4.69, 9.17) is 0 Å². The van der Waals surface area contributed by atoms with Crippen LogP contribution < -0.4 is 0 Å². The third-order valence-electron chi connectivity index (χ3n) is 2.58. The van der Waals surface area contributed by atoms with Gasteiger partial charge >= 0.3 is 0 Å². The standard InChI is InChI=1S/C12H19N5O/c1-12(2,18)9-17-11(13-10-15-17)5-3-7-16-8-4-6-14-16/h4,6,8,10,18H,3,5,7,9H2,1-2H3. The Balaban J connectivity index is 1.88. The predicted molar refractivity (Wildman–Crippen MR) is 66.9 cm³/mol. The molecule has 0 aromatic carbocycles. The van der Waals surface area contributed by atoms with Crippen LogP contribution in [0.25, 0.3) is 0 Å². The van der Waals surface area contributed by atoms with Crippen molar-refractivity contribution in [2.75, 3.05) is 0 Å². The summed E-state index contributed by atoms with van der Waals surface area (Å²) >= 11 is 0. The van der Waals surface area contributed by atoms with Gasteiger partial charge in [-0.25, -0.2) is 9.67 Å². The van der Waals surface area contributed by atoms with E-state index in [1.54, 1.807) is 24.7 Å². The molecule has 0 aliphatic rings. The summed E-state index contributed by atoms with van der Waals surface area (Å²) in [6.07, 6.45) is 7.04. The monoisotopic (exact) mass is 249 g/mol. The van der Waals surface area contributed by atoms with Gasteiger partial charge in [0.05, 0.1) is 12.1 Å². The second-order valence-corrected chi connectivity index (χ2v) is 5.02. The highest BCUT2D eigenvalue weighted by molar-refractivity contribution is 4.87. The van der Waals surface area contributed by atoms with E-state index < -0.39 is 5.60 Å². The number of aromatic nitrogens is 5. The van der Waals surface area contributed by atoms with Gasteiger partial charge in [-0.05, 0) is 26.3 Å². The number of hydrogen-bond acceptors (Lipinski definition) is 4. The molecule has 0 saturated heterocycles. The van der Waals surface area contributed by atoms with Crippen LogP contribution in [0.1, 0.15) is 26.1 Å². The molecule has 18 heavy (non-hydrogen) atoms. The largest absolute Gasteiger partial charge is 0.389 e. The molecule has 6 nitrogen and oxygen atoms in total. The zero-order chi connectivity index (χ0) is 13.0. The van der Waals surface area contributed by atoms with Gasteiger partial charge in [-0.1, -0.05) is 0 Å². The SMILES string of the molecule is CC(C)(O)Cn1ncnc1CCCn1cccn1. The minimum Gasteiger partial charge on any atom is -0.389 e. The molecule has 1 N–H and O–H groups in total. The lowest BCUT2D eigenvalue weighted by atomic mass is 10.1. The summed E-state index contributed by atoms with van der Waals surface area (Å²) in [5, 5.41) is 18.1. The lowest BCUT2D eigenvalue weighted by Crippen LogP contribution is -2.27. The fourth-order valence-electron chi connectivity index (χ4n) is 1.81. The van der Waals surface area contributed by atoms with Gasteiger partial charge in [-0.3, -0.25) is 4.68 Å². The Bertz CT molecular complexity index is 469. The lowest BCUT2D eigenvalue weighted by molar-refractivity contribution is 0.0566. The molecule has 0 unspecified atom stereocenters. The lowest BCUT2D eigenvalue weighted by Gasteiger charge is -2.17. The summed E-state index contributed by atoms with van der Waals surface area (Å²) in [5.41, 5.74) is -0.773.